The highest BCUT2D eigenvalue weighted by atomic mass is 32.2. The van der Waals surface area contributed by atoms with Crippen molar-refractivity contribution in [2.45, 2.75) is 24.4 Å². The Labute approximate surface area is 119 Å². The van der Waals surface area contributed by atoms with Crippen LogP contribution in [-0.2, 0) is 17.1 Å². The van der Waals surface area contributed by atoms with E-state index in [0.717, 1.165) is 6.42 Å². The maximum Gasteiger partial charge on any atom is 0.260 e. The van der Waals surface area contributed by atoms with Crippen LogP contribution >= 0.6 is 0 Å². The van der Waals surface area contributed by atoms with Gasteiger partial charge in [0.15, 0.2) is 5.03 Å². The Kier molecular flexibility index (Phi) is 4.42. The molecule has 1 aromatic heterocycles. The van der Waals surface area contributed by atoms with E-state index >= 15 is 0 Å². The number of hydrogen-bond donors (Lipinski definition) is 0. The number of rotatable bonds is 4. The van der Waals surface area contributed by atoms with E-state index in [1.54, 1.807) is 7.05 Å². The van der Waals surface area contributed by atoms with Crippen LogP contribution in [0.3, 0.4) is 0 Å². The molecule has 1 aliphatic heterocycles. The highest BCUT2D eigenvalue weighted by Crippen LogP contribution is 2.17. The van der Waals surface area contributed by atoms with Gasteiger partial charge in [0, 0.05) is 33.2 Å². The molecular weight excluding hydrogens is 278 g/mol. The minimum absolute atomic E-state index is 0.128. The fraction of sp³-hybridized carbons (Fsp3) is 0.667. The van der Waals surface area contributed by atoms with Crippen molar-refractivity contribution in [2.75, 3.05) is 26.2 Å². The Morgan fingerprint density at radius 2 is 2.05 bits per heavy atom. The summed E-state index contributed by atoms with van der Waals surface area (Å²) >= 11 is 0. The van der Waals surface area contributed by atoms with Crippen LogP contribution < -0.4 is 0 Å². The molecule has 0 radical (unpaired) electrons. The summed E-state index contributed by atoms with van der Waals surface area (Å²) < 4.78 is 27.8. The quantitative estimate of drug-likeness (QED) is 0.783. The SMILES string of the molecule is CCC(C#N)N1CCN(S(=O)(=O)c2ccnn2C)CC1. The lowest BCUT2D eigenvalue weighted by Gasteiger charge is -2.35. The second kappa shape index (κ2) is 5.91. The van der Waals surface area contributed by atoms with Crippen LogP contribution in [0.1, 0.15) is 13.3 Å². The number of hydrogen-bond acceptors (Lipinski definition) is 5. The molecule has 7 nitrogen and oxygen atoms in total. The molecule has 20 heavy (non-hydrogen) atoms. The van der Waals surface area contributed by atoms with Gasteiger partial charge in [-0.15, -0.1) is 0 Å². The van der Waals surface area contributed by atoms with Gasteiger partial charge >= 0.3 is 0 Å². The molecule has 1 saturated heterocycles. The average molecular weight is 297 g/mol. The predicted octanol–water partition coefficient (Wildman–Crippen LogP) is 0.0286. The highest BCUT2D eigenvalue weighted by Gasteiger charge is 2.32. The summed E-state index contributed by atoms with van der Waals surface area (Å²) in [4.78, 5) is 2.04. The number of aryl methyl sites for hydroxylation is 1. The summed E-state index contributed by atoms with van der Waals surface area (Å²) in [6.07, 6.45) is 2.23. The Morgan fingerprint density at radius 1 is 1.40 bits per heavy atom. The van der Waals surface area contributed by atoms with Crippen LogP contribution in [0.2, 0.25) is 0 Å². The second-order valence-electron chi connectivity index (χ2n) is 4.79. The summed E-state index contributed by atoms with van der Waals surface area (Å²) in [5, 5.41) is 13.2. The fourth-order valence-electron chi connectivity index (χ4n) is 2.43. The minimum atomic E-state index is -3.49. The van der Waals surface area contributed by atoms with Crippen LogP contribution in [0, 0.1) is 11.3 Å². The normalized spacial score (nSPS) is 19.6. The van der Waals surface area contributed by atoms with Gasteiger partial charge in [-0.05, 0) is 12.5 Å². The smallest absolute Gasteiger partial charge is 0.260 e. The van der Waals surface area contributed by atoms with Crippen molar-refractivity contribution < 1.29 is 8.42 Å². The molecule has 1 fully saturated rings. The van der Waals surface area contributed by atoms with E-state index in [0.29, 0.717) is 26.2 Å². The first-order valence-electron chi connectivity index (χ1n) is 6.62. The van der Waals surface area contributed by atoms with Crippen molar-refractivity contribution in [1.82, 2.24) is 19.0 Å². The Bertz CT molecular complexity index is 596. The van der Waals surface area contributed by atoms with Gasteiger partial charge in [-0.3, -0.25) is 9.58 Å². The van der Waals surface area contributed by atoms with E-state index in [4.69, 9.17) is 5.26 Å². The summed E-state index contributed by atoms with van der Waals surface area (Å²) in [5.74, 6) is 0. The van der Waals surface area contributed by atoms with Gasteiger partial charge < -0.3 is 0 Å². The lowest BCUT2D eigenvalue weighted by atomic mass is 10.2. The van der Waals surface area contributed by atoms with Gasteiger partial charge in [0.05, 0.1) is 18.3 Å². The lowest BCUT2D eigenvalue weighted by molar-refractivity contribution is 0.159. The summed E-state index contributed by atoms with van der Waals surface area (Å²) in [6.45, 7) is 3.95. The molecule has 0 spiro atoms. The molecule has 0 N–H and O–H groups in total. The third-order valence-corrected chi connectivity index (χ3v) is 5.60. The maximum atomic E-state index is 12.5. The van der Waals surface area contributed by atoms with Crippen LogP contribution in [-0.4, -0.2) is 59.6 Å². The molecule has 0 saturated carbocycles. The van der Waals surface area contributed by atoms with Crippen LogP contribution in [0.5, 0.6) is 0 Å². The third kappa shape index (κ3) is 2.70. The number of aromatic nitrogens is 2. The largest absolute Gasteiger partial charge is 0.285 e. The maximum absolute atomic E-state index is 12.5. The molecule has 1 unspecified atom stereocenters. The Balaban J connectivity index is 2.08. The Morgan fingerprint density at radius 3 is 2.50 bits per heavy atom. The molecule has 2 heterocycles. The molecule has 0 amide bonds. The lowest BCUT2D eigenvalue weighted by Crippen LogP contribution is -2.51. The molecule has 1 atom stereocenters. The highest BCUT2D eigenvalue weighted by molar-refractivity contribution is 7.89. The van der Waals surface area contributed by atoms with E-state index in [1.807, 2.05) is 11.8 Å². The second-order valence-corrected chi connectivity index (χ2v) is 6.67. The van der Waals surface area contributed by atoms with Crippen molar-refractivity contribution in [3.63, 3.8) is 0 Å². The van der Waals surface area contributed by atoms with Crippen molar-refractivity contribution in [2.24, 2.45) is 7.05 Å². The summed E-state index contributed by atoms with van der Waals surface area (Å²) in [5.41, 5.74) is 0. The van der Waals surface area contributed by atoms with E-state index in [1.165, 1.54) is 21.3 Å². The van der Waals surface area contributed by atoms with Crippen LogP contribution in [0.4, 0.5) is 0 Å². The first kappa shape index (κ1) is 15.0. The van der Waals surface area contributed by atoms with Gasteiger partial charge in [0.1, 0.15) is 0 Å². The molecular formula is C12H19N5O2S. The van der Waals surface area contributed by atoms with Gasteiger partial charge in [-0.2, -0.15) is 14.7 Å². The van der Waals surface area contributed by atoms with Crippen molar-refractivity contribution in [3.8, 4) is 6.07 Å². The van der Waals surface area contributed by atoms with Crippen molar-refractivity contribution in [3.05, 3.63) is 12.3 Å². The van der Waals surface area contributed by atoms with Crippen LogP contribution in [0.25, 0.3) is 0 Å². The van der Waals surface area contributed by atoms with Crippen molar-refractivity contribution in [1.29, 1.82) is 5.26 Å². The van der Waals surface area contributed by atoms with E-state index < -0.39 is 10.0 Å². The zero-order valence-corrected chi connectivity index (χ0v) is 12.5. The number of nitriles is 1. The first-order chi connectivity index (χ1) is 9.50. The zero-order valence-electron chi connectivity index (χ0n) is 11.7. The van der Waals surface area contributed by atoms with Crippen molar-refractivity contribution >= 4 is 10.0 Å². The van der Waals surface area contributed by atoms with E-state index in [-0.39, 0.29) is 11.1 Å². The molecule has 1 aliphatic rings. The number of sulfonamides is 1. The van der Waals surface area contributed by atoms with Crippen LogP contribution in [0.15, 0.2) is 17.3 Å². The van der Waals surface area contributed by atoms with E-state index in [2.05, 4.69) is 11.2 Å². The monoisotopic (exact) mass is 297 g/mol. The average Bonchev–Trinajstić information content (AvgIpc) is 2.88. The predicted molar refractivity (Wildman–Crippen MR) is 73.2 cm³/mol. The molecule has 0 bridgehead atoms. The van der Waals surface area contributed by atoms with Gasteiger partial charge in [-0.1, -0.05) is 6.92 Å². The molecule has 110 valence electrons. The minimum Gasteiger partial charge on any atom is -0.285 e. The summed E-state index contributed by atoms with van der Waals surface area (Å²) in [6, 6.07) is 3.63. The summed E-state index contributed by atoms with van der Waals surface area (Å²) in [7, 11) is -1.87. The topological polar surface area (TPSA) is 82.2 Å². The standard InChI is InChI=1S/C12H19N5O2S/c1-3-11(10-13)16-6-8-17(9-7-16)20(18,19)12-4-5-14-15(12)2/h4-5,11H,3,6-9H2,1-2H3. The van der Waals surface area contributed by atoms with Gasteiger partial charge in [-0.25, -0.2) is 8.42 Å². The number of nitrogens with zero attached hydrogens (tertiary/aromatic N) is 5. The van der Waals surface area contributed by atoms with Gasteiger partial charge in [0.2, 0.25) is 0 Å². The van der Waals surface area contributed by atoms with E-state index in [9.17, 15) is 8.42 Å². The fourth-order valence-corrected chi connectivity index (χ4v) is 3.96. The number of piperazine rings is 1. The molecule has 0 aromatic carbocycles. The third-order valence-electron chi connectivity index (χ3n) is 3.63. The molecule has 2 rings (SSSR count). The molecule has 8 heteroatoms. The molecule has 0 aliphatic carbocycles. The Hall–Kier alpha value is -1.43. The van der Waals surface area contributed by atoms with Gasteiger partial charge in [0.25, 0.3) is 10.0 Å². The molecule has 1 aromatic rings. The first-order valence-corrected chi connectivity index (χ1v) is 8.06. The zero-order chi connectivity index (χ0) is 14.8.